The highest BCUT2D eigenvalue weighted by Gasteiger charge is 2.21. The van der Waals surface area contributed by atoms with E-state index < -0.39 is 29.9 Å². The van der Waals surface area contributed by atoms with Gasteiger partial charge in [0.25, 0.3) is 0 Å². The van der Waals surface area contributed by atoms with Crippen molar-refractivity contribution in [1.29, 1.82) is 0 Å². The minimum Gasteiger partial charge on any atom is -0.480 e. The molecular weight excluding hydrogens is 744 g/mol. The summed E-state index contributed by atoms with van der Waals surface area (Å²) < 4.78 is 21.1. The second-order valence-electron chi connectivity index (χ2n) is 14.0. The molecule has 0 aromatic heterocycles. The van der Waals surface area contributed by atoms with E-state index in [1.807, 2.05) is 0 Å². The predicted octanol–water partition coefficient (Wildman–Crippen LogP) is 3.44. The Bertz CT molecular complexity index is 1130. The summed E-state index contributed by atoms with van der Waals surface area (Å²) in [4.78, 5) is 81.5. The van der Waals surface area contributed by atoms with Crippen LogP contribution in [0.5, 0.6) is 0 Å². The van der Waals surface area contributed by atoms with Crippen LogP contribution in [-0.2, 0) is 52.5 Å². The summed E-state index contributed by atoms with van der Waals surface area (Å²) in [5.74, 6) is -3.56. The number of ether oxygens (including phenoxy) is 4. The van der Waals surface area contributed by atoms with Crippen molar-refractivity contribution in [3.63, 3.8) is 0 Å². The summed E-state index contributed by atoms with van der Waals surface area (Å²) in [6, 6.07) is -2.09. The number of Topliss-reactive ketones (excluding diaryl/α,β-unsaturated/α-hetero) is 1. The number of carboxylic acids is 2. The van der Waals surface area contributed by atoms with Gasteiger partial charge >= 0.3 is 11.9 Å². The highest BCUT2D eigenvalue weighted by atomic mass is 16.5. The molecule has 0 saturated heterocycles. The maximum Gasteiger partial charge on any atom is 0.326 e. The van der Waals surface area contributed by atoms with E-state index in [-0.39, 0.29) is 115 Å². The third-order valence-corrected chi connectivity index (χ3v) is 8.87. The topological polar surface area (TPSA) is 245 Å². The van der Waals surface area contributed by atoms with E-state index in [4.69, 9.17) is 24.1 Å². The van der Waals surface area contributed by atoms with E-state index >= 15 is 0 Å². The summed E-state index contributed by atoms with van der Waals surface area (Å²) >= 11 is 0. The van der Waals surface area contributed by atoms with Crippen LogP contribution in [0.1, 0.15) is 136 Å². The van der Waals surface area contributed by atoms with E-state index in [2.05, 4.69) is 21.3 Å². The van der Waals surface area contributed by atoms with E-state index in [1.165, 1.54) is 51.4 Å². The molecule has 0 aliphatic heterocycles. The third kappa shape index (κ3) is 36.4. The molecule has 0 fully saturated rings. The smallest absolute Gasteiger partial charge is 0.326 e. The summed E-state index contributed by atoms with van der Waals surface area (Å²) in [6.45, 7) is 4.35. The van der Waals surface area contributed by atoms with Crippen molar-refractivity contribution in [3.05, 3.63) is 0 Å². The zero-order chi connectivity index (χ0) is 42.4. The van der Waals surface area contributed by atoms with Gasteiger partial charge in [0.05, 0.1) is 39.6 Å². The van der Waals surface area contributed by atoms with Gasteiger partial charge in [-0.15, -0.1) is 0 Å². The van der Waals surface area contributed by atoms with Crippen LogP contribution >= 0.6 is 0 Å². The quantitative estimate of drug-likeness (QED) is 0.0485. The number of hydrogen-bond acceptors (Lipinski definition) is 11. The Morgan fingerprint density at radius 2 is 0.860 bits per heavy atom. The number of amides is 4. The van der Waals surface area contributed by atoms with Crippen molar-refractivity contribution < 1.29 is 62.7 Å². The largest absolute Gasteiger partial charge is 0.480 e. The maximum absolute atomic E-state index is 12.3. The highest BCUT2D eigenvalue weighted by molar-refractivity contribution is 5.85. The monoisotopic (exact) mass is 817 g/mol. The molecule has 2 atom stereocenters. The Morgan fingerprint density at radius 3 is 1.32 bits per heavy atom. The molecule has 0 saturated carbocycles. The molecule has 0 aliphatic carbocycles. The lowest BCUT2D eigenvalue weighted by atomic mass is 10.0. The zero-order valence-electron chi connectivity index (χ0n) is 34.5. The number of rotatable bonds is 41. The molecule has 0 aromatic rings. The first-order chi connectivity index (χ1) is 27.5. The molecule has 0 aromatic carbocycles. The number of hydrogen-bond donors (Lipinski definition) is 6. The van der Waals surface area contributed by atoms with Gasteiger partial charge in [-0.3, -0.25) is 19.2 Å². The Labute approximate surface area is 338 Å². The lowest BCUT2D eigenvalue weighted by Gasteiger charge is -2.14. The van der Waals surface area contributed by atoms with Crippen molar-refractivity contribution in [3.8, 4) is 0 Å². The summed E-state index contributed by atoms with van der Waals surface area (Å²) in [5.41, 5.74) is 0. The first-order valence-electron chi connectivity index (χ1n) is 20.8. The molecule has 330 valence electrons. The van der Waals surface area contributed by atoms with Crippen LogP contribution in [0, 0.1) is 0 Å². The van der Waals surface area contributed by atoms with Crippen molar-refractivity contribution >= 4 is 41.4 Å². The Balaban J connectivity index is 3.69. The number of carbonyl (C=O) groups is 7. The summed E-state index contributed by atoms with van der Waals surface area (Å²) in [6.07, 6.45) is 17.1. The van der Waals surface area contributed by atoms with Crippen LogP contribution in [0.25, 0.3) is 0 Å². The van der Waals surface area contributed by atoms with Crippen molar-refractivity contribution in [2.24, 2.45) is 0 Å². The van der Waals surface area contributed by atoms with Gasteiger partial charge in [-0.05, 0) is 32.6 Å². The molecule has 4 amide bonds. The Kier molecular flexibility index (Phi) is 35.4. The second kappa shape index (κ2) is 37.9. The third-order valence-electron chi connectivity index (χ3n) is 8.87. The normalized spacial score (nSPS) is 12.0. The van der Waals surface area contributed by atoms with E-state index in [0.717, 1.165) is 32.1 Å². The zero-order valence-corrected chi connectivity index (χ0v) is 34.5. The average molecular weight is 817 g/mol. The predicted molar refractivity (Wildman–Crippen MR) is 213 cm³/mol. The summed E-state index contributed by atoms with van der Waals surface area (Å²) in [5, 5.41) is 28.6. The number of carboxylic acid groups (broad SMARTS) is 2. The molecule has 17 nitrogen and oxygen atoms in total. The van der Waals surface area contributed by atoms with Crippen LogP contribution in [0.4, 0.5) is 0 Å². The minimum atomic E-state index is -1.18. The number of ketones is 1. The van der Waals surface area contributed by atoms with Gasteiger partial charge in [-0.25, -0.2) is 9.59 Å². The fourth-order valence-electron chi connectivity index (χ4n) is 5.59. The van der Waals surface area contributed by atoms with Crippen LogP contribution in [0.3, 0.4) is 0 Å². The second-order valence-corrected chi connectivity index (χ2v) is 14.0. The Morgan fingerprint density at radius 1 is 0.456 bits per heavy atom. The molecule has 0 heterocycles. The number of unbranched alkanes of at least 4 members (excludes halogenated alkanes) is 13. The van der Waals surface area contributed by atoms with E-state index in [0.29, 0.717) is 12.8 Å². The summed E-state index contributed by atoms with van der Waals surface area (Å²) in [7, 11) is 0. The number of aliphatic carboxylic acids is 2. The Hall–Kier alpha value is -3.67. The minimum absolute atomic E-state index is 0.0253. The molecule has 57 heavy (non-hydrogen) atoms. The first kappa shape index (κ1) is 53.3. The van der Waals surface area contributed by atoms with Gasteiger partial charge < -0.3 is 55.2 Å². The SMILES string of the molecule is CC[C@H](NC(=O)COCCOCCNC(=O)COCCOCCNC(=O)CC[C@H](NC(=O)CCCCCCCCCCCCCCCCC(C)=O)C(=O)O)C(=O)O. The van der Waals surface area contributed by atoms with Gasteiger partial charge in [0, 0.05) is 32.4 Å². The first-order valence-corrected chi connectivity index (χ1v) is 20.8. The standard InChI is InChI=1S/C40H72N4O13/c1-3-33(39(50)51)43-38(49)31-57-29-27-55-25-23-42-37(48)30-56-28-26-54-24-22-41-35(46)21-20-34(40(52)53)44-36(47)19-17-15-13-11-9-7-5-4-6-8-10-12-14-16-18-32(2)45/h33-34H,3-31H2,1-2H3,(H,41,46)(H,42,48)(H,43,49)(H,44,47)(H,50,51)(H,52,53)/t33-,34-/m0/s1. The molecular formula is C40H72N4O13. The van der Waals surface area contributed by atoms with E-state index in [1.54, 1.807) is 13.8 Å². The molecule has 0 rings (SSSR count). The number of nitrogens with one attached hydrogen (secondary N) is 4. The van der Waals surface area contributed by atoms with Gasteiger partial charge in [-0.1, -0.05) is 84.0 Å². The van der Waals surface area contributed by atoms with Crippen LogP contribution in [0.15, 0.2) is 0 Å². The van der Waals surface area contributed by atoms with Crippen LogP contribution in [-0.4, -0.2) is 130 Å². The van der Waals surface area contributed by atoms with Crippen molar-refractivity contribution in [2.45, 2.75) is 148 Å². The molecule has 0 aliphatic rings. The van der Waals surface area contributed by atoms with Gasteiger partial charge in [0.1, 0.15) is 31.1 Å². The molecule has 0 bridgehead atoms. The highest BCUT2D eigenvalue weighted by Crippen LogP contribution is 2.14. The van der Waals surface area contributed by atoms with Crippen LogP contribution < -0.4 is 21.3 Å². The molecule has 0 spiro atoms. The van der Waals surface area contributed by atoms with E-state index in [9.17, 15) is 38.7 Å². The average Bonchev–Trinajstić information content (AvgIpc) is 3.16. The molecule has 6 N–H and O–H groups in total. The fraction of sp³-hybridized carbons (Fsp3) is 0.825. The van der Waals surface area contributed by atoms with Crippen molar-refractivity contribution in [1.82, 2.24) is 21.3 Å². The molecule has 0 radical (unpaired) electrons. The molecule has 0 unspecified atom stereocenters. The lowest BCUT2D eigenvalue weighted by molar-refractivity contribution is -0.142. The van der Waals surface area contributed by atoms with Gasteiger partial charge in [0.2, 0.25) is 23.6 Å². The lowest BCUT2D eigenvalue weighted by Crippen LogP contribution is -2.42. The number of carbonyl (C=O) groups excluding carboxylic acids is 5. The van der Waals surface area contributed by atoms with Gasteiger partial charge in [-0.2, -0.15) is 0 Å². The maximum atomic E-state index is 12.3. The van der Waals surface area contributed by atoms with Crippen molar-refractivity contribution in [2.75, 3.05) is 65.9 Å². The van der Waals surface area contributed by atoms with Gasteiger partial charge in [0.15, 0.2) is 0 Å². The van der Waals surface area contributed by atoms with Crippen LogP contribution in [0.2, 0.25) is 0 Å². The fourth-order valence-corrected chi connectivity index (χ4v) is 5.59. The molecule has 17 heteroatoms.